The van der Waals surface area contributed by atoms with Crippen molar-refractivity contribution < 1.29 is 4.79 Å². The number of hydrogen-bond acceptors (Lipinski definition) is 2. The minimum atomic E-state index is 0.221. The van der Waals surface area contributed by atoms with Crippen LogP contribution in [0.25, 0.3) is 0 Å². The highest BCUT2D eigenvalue weighted by molar-refractivity contribution is 7.80. The highest BCUT2D eigenvalue weighted by Crippen LogP contribution is 2.44. The molecule has 2 bridgehead atoms. The fourth-order valence-corrected chi connectivity index (χ4v) is 4.67. The summed E-state index contributed by atoms with van der Waals surface area (Å²) in [6, 6.07) is 8.53. The first-order valence-electron chi connectivity index (χ1n) is 8.67. The highest BCUT2D eigenvalue weighted by Gasteiger charge is 2.39. The second-order valence-electron chi connectivity index (χ2n) is 7.08. The van der Waals surface area contributed by atoms with Crippen LogP contribution in [0, 0.1) is 11.8 Å². The van der Waals surface area contributed by atoms with Crippen molar-refractivity contribution >= 4 is 34.6 Å². The van der Waals surface area contributed by atoms with Crippen molar-refractivity contribution in [3.63, 3.8) is 0 Å². The normalized spacial score (nSPS) is 29.1. The lowest BCUT2D eigenvalue weighted by Crippen LogP contribution is -2.40. The van der Waals surface area contributed by atoms with Gasteiger partial charge in [-0.05, 0) is 74.0 Å². The van der Waals surface area contributed by atoms with Gasteiger partial charge < -0.3 is 15.5 Å². The smallest absolute Gasteiger partial charge is 0.227 e. The van der Waals surface area contributed by atoms with E-state index in [1.165, 1.54) is 25.7 Å². The molecule has 4 rings (SSSR count). The van der Waals surface area contributed by atoms with Gasteiger partial charge in [0.05, 0.1) is 0 Å². The van der Waals surface area contributed by atoms with E-state index in [-0.39, 0.29) is 5.91 Å². The molecule has 4 nitrogen and oxygen atoms in total. The molecule has 5 heteroatoms. The average molecular weight is 329 g/mol. The second-order valence-corrected chi connectivity index (χ2v) is 7.48. The summed E-state index contributed by atoms with van der Waals surface area (Å²) in [6.07, 6.45) is 7.01. The summed E-state index contributed by atoms with van der Waals surface area (Å²) in [4.78, 5) is 13.6. The molecule has 1 aromatic carbocycles. The number of fused-ring (bicyclic) bond motifs is 2. The molecule has 0 radical (unpaired) electrons. The number of carbonyl (C=O) groups excluding carboxylic acids is 1. The van der Waals surface area contributed by atoms with Crippen LogP contribution in [0.2, 0.25) is 0 Å². The van der Waals surface area contributed by atoms with Crippen molar-refractivity contribution in [2.45, 2.75) is 44.6 Å². The Bertz CT molecular complexity index is 615. The molecule has 3 aliphatic rings. The first-order valence-corrected chi connectivity index (χ1v) is 9.08. The van der Waals surface area contributed by atoms with Crippen LogP contribution in [-0.4, -0.2) is 23.6 Å². The van der Waals surface area contributed by atoms with E-state index in [4.69, 9.17) is 12.2 Å². The molecule has 3 fully saturated rings. The Kier molecular flexibility index (Phi) is 3.97. The third kappa shape index (κ3) is 3.07. The monoisotopic (exact) mass is 329 g/mol. The third-order valence-electron chi connectivity index (χ3n) is 5.56. The van der Waals surface area contributed by atoms with Gasteiger partial charge in [-0.2, -0.15) is 0 Å². The zero-order valence-corrected chi connectivity index (χ0v) is 14.1. The highest BCUT2D eigenvalue weighted by atomic mass is 32.1. The number of nitrogens with zero attached hydrogens (tertiary/aromatic N) is 1. The van der Waals surface area contributed by atoms with Crippen molar-refractivity contribution in [1.82, 2.24) is 5.32 Å². The molecule has 2 N–H and O–H groups in total. The van der Waals surface area contributed by atoms with Gasteiger partial charge in [0, 0.05) is 30.4 Å². The zero-order chi connectivity index (χ0) is 15.8. The number of nitrogens with one attached hydrogen (secondary N) is 2. The van der Waals surface area contributed by atoms with E-state index in [9.17, 15) is 4.79 Å². The van der Waals surface area contributed by atoms with Crippen LogP contribution in [0.3, 0.4) is 0 Å². The molecule has 3 atom stereocenters. The number of carbonyl (C=O) groups is 1. The van der Waals surface area contributed by atoms with Gasteiger partial charge in [0.15, 0.2) is 5.11 Å². The molecule has 2 saturated carbocycles. The summed E-state index contributed by atoms with van der Waals surface area (Å²) < 4.78 is 0. The molecule has 1 aromatic rings. The summed E-state index contributed by atoms with van der Waals surface area (Å²) >= 11 is 5.46. The maximum absolute atomic E-state index is 11.8. The topological polar surface area (TPSA) is 44.4 Å². The molecule has 1 saturated heterocycles. The fraction of sp³-hybridized carbons (Fsp3) is 0.556. The standard InChI is InChI=1S/C18H23N3OS/c22-17-2-1-9-21(17)15-7-5-14(6-8-15)19-18(23)20-16-11-12-3-4-13(16)10-12/h5-8,12-13,16H,1-4,9-11H2,(H2,19,20,23). The van der Waals surface area contributed by atoms with Crippen molar-refractivity contribution in [3.05, 3.63) is 24.3 Å². The number of amides is 1. The van der Waals surface area contributed by atoms with Gasteiger partial charge in [-0.25, -0.2) is 0 Å². The molecule has 1 aliphatic heterocycles. The van der Waals surface area contributed by atoms with E-state index in [0.29, 0.717) is 17.6 Å². The minimum Gasteiger partial charge on any atom is -0.359 e. The van der Waals surface area contributed by atoms with Gasteiger partial charge >= 0.3 is 0 Å². The van der Waals surface area contributed by atoms with Crippen LogP contribution in [0.1, 0.15) is 38.5 Å². The summed E-state index contributed by atoms with van der Waals surface area (Å²) in [5.74, 6) is 1.94. The Morgan fingerprint density at radius 1 is 1.17 bits per heavy atom. The molecule has 1 heterocycles. The maximum atomic E-state index is 11.8. The van der Waals surface area contributed by atoms with Gasteiger partial charge in [0.1, 0.15) is 0 Å². The van der Waals surface area contributed by atoms with Crippen molar-refractivity contribution in [1.29, 1.82) is 0 Å². The van der Waals surface area contributed by atoms with E-state index in [0.717, 1.165) is 36.2 Å². The number of benzene rings is 1. The van der Waals surface area contributed by atoms with Crippen LogP contribution < -0.4 is 15.5 Å². The first-order chi connectivity index (χ1) is 11.2. The molecule has 1 amide bonds. The van der Waals surface area contributed by atoms with E-state index in [1.807, 2.05) is 29.2 Å². The summed E-state index contributed by atoms with van der Waals surface area (Å²) in [7, 11) is 0. The number of hydrogen-bond donors (Lipinski definition) is 2. The summed E-state index contributed by atoms with van der Waals surface area (Å²) in [5, 5.41) is 7.48. The molecule has 0 spiro atoms. The quantitative estimate of drug-likeness (QED) is 0.835. The first kappa shape index (κ1) is 14.9. The Morgan fingerprint density at radius 2 is 2.00 bits per heavy atom. The lowest BCUT2D eigenvalue weighted by atomic mass is 9.96. The lowest BCUT2D eigenvalue weighted by Gasteiger charge is -2.24. The van der Waals surface area contributed by atoms with Crippen LogP contribution in [0.15, 0.2) is 24.3 Å². The SMILES string of the molecule is O=C1CCCN1c1ccc(NC(=S)NC2CC3CCC2C3)cc1. The molecule has 0 aromatic heterocycles. The fourth-order valence-electron chi connectivity index (χ4n) is 4.40. The molecule has 122 valence electrons. The van der Waals surface area contributed by atoms with E-state index in [1.54, 1.807) is 0 Å². The molecule has 3 unspecified atom stereocenters. The molecule has 23 heavy (non-hydrogen) atoms. The Labute approximate surface area is 142 Å². The van der Waals surface area contributed by atoms with Gasteiger partial charge in [0.2, 0.25) is 5.91 Å². The van der Waals surface area contributed by atoms with Crippen LogP contribution in [0.5, 0.6) is 0 Å². The number of anilines is 2. The largest absolute Gasteiger partial charge is 0.359 e. The van der Waals surface area contributed by atoms with E-state index >= 15 is 0 Å². The van der Waals surface area contributed by atoms with Gasteiger partial charge in [0.25, 0.3) is 0 Å². The van der Waals surface area contributed by atoms with Crippen LogP contribution >= 0.6 is 12.2 Å². The predicted molar refractivity (Wildman–Crippen MR) is 96.6 cm³/mol. The van der Waals surface area contributed by atoms with Crippen LogP contribution in [-0.2, 0) is 4.79 Å². The number of rotatable bonds is 3. The molecule has 2 aliphatic carbocycles. The Morgan fingerprint density at radius 3 is 2.61 bits per heavy atom. The predicted octanol–water partition coefficient (Wildman–Crippen LogP) is 3.29. The van der Waals surface area contributed by atoms with Gasteiger partial charge in [-0.15, -0.1) is 0 Å². The Balaban J connectivity index is 1.33. The molecular formula is C18H23N3OS. The third-order valence-corrected chi connectivity index (χ3v) is 5.78. The Hall–Kier alpha value is -1.62. The van der Waals surface area contributed by atoms with Crippen LogP contribution in [0.4, 0.5) is 11.4 Å². The van der Waals surface area contributed by atoms with Crippen molar-refractivity contribution in [3.8, 4) is 0 Å². The van der Waals surface area contributed by atoms with Crippen molar-refractivity contribution in [2.24, 2.45) is 11.8 Å². The maximum Gasteiger partial charge on any atom is 0.227 e. The molecular weight excluding hydrogens is 306 g/mol. The minimum absolute atomic E-state index is 0.221. The van der Waals surface area contributed by atoms with Gasteiger partial charge in [-0.3, -0.25) is 4.79 Å². The summed E-state index contributed by atoms with van der Waals surface area (Å²) in [6.45, 7) is 0.829. The summed E-state index contributed by atoms with van der Waals surface area (Å²) in [5.41, 5.74) is 1.95. The van der Waals surface area contributed by atoms with Crippen molar-refractivity contribution in [2.75, 3.05) is 16.8 Å². The van der Waals surface area contributed by atoms with E-state index < -0.39 is 0 Å². The lowest BCUT2D eigenvalue weighted by molar-refractivity contribution is -0.117. The average Bonchev–Trinajstić information content (AvgIpc) is 3.25. The second kappa shape index (κ2) is 6.11. The van der Waals surface area contributed by atoms with E-state index in [2.05, 4.69) is 10.6 Å². The number of thiocarbonyl (C=S) groups is 1. The zero-order valence-electron chi connectivity index (χ0n) is 13.3. The van der Waals surface area contributed by atoms with Gasteiger partial charge in [-0.1, -0.05) is 6.42 Å².